The highest BCUT2D eigenvalue weighted by molar-refractivity contribution is 14.0. The molecule has 1 aliphatic heterocycles. The summed E-state index contributed by atoms with van der Waals surface area (Å²) in [5.74, 6) is 3.73. The Labute approximate surface area is 184 Å². The summed E-state index contributed by atoms with van der Waals surface area (Å²) in [5.41, 5.74) is 1.14. The van der Waals surface area contributed by atoms with Gasteiger partial charge in [0, 0.05) is 25.9 Å². The maximum atomic E-state index is 6.02. The van der Waals surface area contributed by atoms with Gasteiger partial charge in [-0.15, -0.1) is 24.0 Å². The summed E-state index contributed by atoms with van der Waals surface area (Å²) in [6.45, 7) is 7.69. The molecular formula is C20H31IN6O. The molecule has 7 nitrogen and oxygen atoms in total. The third-order valence-corrected chi connectivity index (χ3v) is 4.76. The van der Waals surface area contributed by atoms with Crippen LogP contribution in [0.4, 0.5) is 0 Å². The van der Waals surface area contributed by atoms with Crippen molar-refractivity contribution in [3.05, 3.63) is 41.5 Å². The van der Waals surface area contributed by atoms with Crippen LogP contribution in [0.1, 0.15) is 37.5 Å². The molecule has 1 aromatic carbocycles. The zero-order chi connectivity index (χ0) is 19.2. The Balaban J connectivity index is 0.00000280. The van der Waals surface area contributed by atoms with Crippen LogP contribution in [0.3, 0.4) is 0 Å². The van der Waals surface area contributed by atoms with E-state index in [2.05, 4.69) is 52.5 Å². The molecule has 0 aliphatic carbocycles. The lowest BCUT2D eigenvalue weighted by atomic mass is 10.1. The van der Waals surface area contributed by atoms with Gasteiger partial charge in [-0.25, -0.2) is 9.67 Å². The van der Waals surface area contributed by atoms with E-state index >= 15 is 0 Å². The molecule has 8 heteroatoms. The van der Waals surface area contributed by atoms with Crippen LogP contribution >= 0.6 is 24.0 Å². The number of aliphatic imine (C=N–C) groups is 1. The van der Waals surface area contributed by atoms with E-state index in [1.807, 2.05) is 22.9 Å². The molecule has 2 N–H and O–H groups in total. The number of aromatic nitrogens is 3. The quantitative estimate of drug-likeness (QED) is 0.364. The Hall–Kier alpha value is -1.84. The predicted octanol–water partition coefficient (Wildman–Crippen LogP) is 2.71. The van der Waals surface area contributed by atoms with E-state index in [0.29, 0.717) is 12.6 Å². The fourth-order valence-corrected chi connectivity index (χ4v) is 3.20. The average Bonchev–Trinajstić information content (AvgIpc) is 3.09. The zero-order valence-corrected chi connectivity index (χ0v) is 19.4. The number of guanidine groups is 1. The van der Waals surface area contributed by atoms with Crippen molar-refractivity contribution >= 4 is 29.9 Å². The molecule has 28 heavy (non-hydrogen) atoms. The van der Waals surface area contributed by atoms with Crippen LogP contribution in [0, 0.1) is 6.92 Å². The van der Waals surface area contributed by atoms with Gasteiger partial charge in [0.1, 0.15) is 17.7 Å². The van der Waals surface area contributed by atoms with Crippen molar-refractivity contribution in [3.63, 3.8) is 0 Å². The van der Waals surface area contributed by atoms with Crippen LogP contribution in [0.5, 0.6) is 5.75 Å². The second kappa shape index (κ2) is 10.6. The number of nitrogens with zero attached hydrogens (tertiary/aromatic N) is 4. The molecule has 1 aliphatic rings. The van der Waals surface area contributed by atoms with Crippen molar-refractivity contribution in [1.82, 2.24) is 25.4 Å². The maximum Gasteiger partial charge on any atom is 0.191 e. The Morgan fingerprint density at radius 3 is 2.89 bits per heavy atom. The van der Waals surface area contributed by atoms with Crippen LogP contribution in [0.25, 0.3) is 0 Å². The minimum absolute atomic E-state index is 0. The third-order valence-electron chi connectivity index (χ3n) is 4.76. The SMILES string of the molecule is CCc1nc2n(n1)CC(NC(=NC)NCC(C)Oc1ccccc1C)CC2.I. The normalized spacial score (nSPS) is 17.3. The molecule has 0 saturated heterocycles. The van der Waals surface area contributed by atoms with E-state index in [4.69, 9.17) is 4.74 Å². The predicted molar refractivity (Wildman–Crippen MR) is 123 cm³/mol. The van der Waals surface area contributed by atoms with E-state index in [9.17, 15) is 0 Å². The lowest BCUT2D eigenvalue weighted by molar-refractivity contribution is 0.222. The standard InChI is InChI=1S/C20H30N6O.HI/c1-5-18-24-19-11-10-16(13-26(19)25-18)23-20(21-4)22-12-15(3)27-17-9-7-6-8-14(17)2;/h6-9,15-16H,5,10-13H2,1-4H3,(H2,21,22,23);1H. The number of halogens is 1. The first-order valence-corrected chi connectivity index (χ1v) is 9.71. The lowest BCUT2D eigenvalue weighted by Gasteiger charge is -2.26. The van der Waals surface area contributed by atoms with E-state index in [-0.39, 0.29) is 30.1 Å². The summed E-state index contributed by atoms with van der Waals surface area (Å²) in [6, 6.07) is 8.37. The van der Waals surface area contributed by atoms with Gasteiger partial charge in [-0.3, -0.25) is 4.99 Å². The van der Waals surface area contributed by atoms with Crippen molar-refractivity contribution in [2.75, 3.05) is 13.6 Å². The molecule has 3 rings (SSSR count). The zero-order valence-electron chi connectivity index (χ0n) is 17.1. The van der Waals surface area contributed by atoms with Crippen molar-refractivity contribution in [1.29, 1.82) is 0 Å². The van der Waals surface area contributed by atoms with E-state index in [1.54, 1.807) is 7.05 Å². The highest BCUT2D eigenvalue weighted by atomic mass is 127. The molecule has 0 bridgehead atoms. The molecule has 0 amide bonds. The number of ether oxygens (including phenoxy) is 1. The van der Waals surface area contributed by atoms with Gasteiger partial charge in [-0.05, 0) is 31.9 Å². The highest BCUT2D eigenvalue weighted by Gasteiger charge is 2.22. The monoisotopic (exact) mass is 498 g/mol. The van der Waals surface area contributed by atoms with Crippen LogP contribution in [0.2, 0.25) is 0 Å². The van der Waals surface area contributed by atoms with Gasteiger partial charge in [-0.2, -0.15) is 5.10 Å². The summed E-state index contributed by atoms with van der Waals surface area (Å²) in [7, 11) is 1.79. The Kier molecular flexibility index (Phi) is 8.53. The molecule has 2 heterocycles. The molecule has 0 spiro atoms. The van der Waals surface area contributed by atoms with E-state index in [1.165, 1.54) is 0 Å². The van der Waals surface area contributed by atoms with Gasteiger partial charge >= 0.3 is 0 Å². The van der Waals surface area contributed by atoms with Crippen LogP contribution in [-0.2, 0) is 19.4 Å². The van der Waals surface area contributed by atoms with Crippen LogP contribution in [-0.4, -0.2) is 46.5 Å². The van der Waals surface area contributed by atoms with Crippen molar-refractivity contribution in [2.45, 2.75) is 58.7 Å². The van der Waals surface area contributed by atoms with Crippen LogP contribution < -0.4 is 15.4 Å². The molecule has 0 radical (unpaired) electrons. The first-order valence-electron chi connectivity index (χ1n) is 9.71. The van der Waals surface area contributed by atoms with E-state index in [0.717, 1.165) is 54.7 Å². The van der Waals surface area contributed by atoms with Gasteiger partial charge in [0.2, 0.25) is 0 Å². The number of benzene rings is 1. The number of hydrogen-bond acceptors (Lipinski definition) is 4. The number of rotatable bonds is 6. The van der Waals surface area contributed by atoms with Crippen molar-refractivity contribution < 1.29 is 4.74 Å². The summed E-state index contributed by atoms with van der Waals surface area (Å²) in [4.78, 5) is 8.92. The molecule has 2 atom stereocenters. The first-order chi connectivity index (χ1) is 13.1. The smallest absolute Gasteiger partial charge is 0.191 e. The Morgan fingerprint density at radius 1 is 1.39 bits per heavy atom. The highest BCUT2D eigenvalue weighted by Crippen LogP contribution is 2.17. The number of hydrogen-bond donors (Lipinski definition) is 2. The second-order valence-electron chi connectivity index (χ2n) is 7.01. The summed E-state index contributed by atoms with van der Waals surface area (Å²) >= 11 is 0. The number of para-hydroxylation sites is 1. The molecule has 1 aromatic heterocycles. The van der Waals surface area contributed by atoms with Gasteiger partial charge in [-0.1, -0.05) is 25.1 Å². The fraction of sp³-hybridized carbons (Fsp3) is 0.550. The average molecular weight is 498 g/mol. The van der Waals surface area contributed by atoms with E-state index < -0.39 is 0 Å². The summed E-state index contributed by atoms with van der Waals surface area (Å²) in [5, 5.41) is 11.4. The largest absolute Gasteiger partial charge is 0.489 e. The second-order valence-corrected chi connectivity index (χ2v) is 7.01. The maximum absolute atomic E-state index is 6.02. The number of nitrogens with one attached hydrogen (secondary N) is 2. The van der Waals surface area contributed by atoms with Gasteiger partial charge in [0.05, 0.1) is 13.1 Å². The van der Waals surface area contributed by atoms with Crippen LogP contribution in [0.15, 0.2) is 29.3 Å². The topological polar surface area (TPSA) is 76.4 Å². The fourth-order valence-electron chi connectivity index (χ4n) is 3.20. The Bertz CT molecular complexity index is 791. The molecule has 0 fully saturated rings. The lowest BCUT2D eigenvalue weighted by Crippen LogP contribution is -2.48. The minimum atomic E-state index is 0. The van der Waals surface area contributed by atoms with Crippen molar-refractivity contribution in [2.24, 2.45) is 4.99 Å². The molecule has 154 valence electrons. The molecular weight excluding hydrogens is 467 g/mol. The first kappa shape index (κ1) is 22.4. The molecule has 0 saturated carbocycles. The molecule has 2 unspecified atom stereocenters. The third kappa shape index (κ3) is 5.83. The van der Waals surface area contributed by atoms with Gasteiger partial charge < -0.3 is 15.4 Å². The van der Waals surface area contributed by atoms with Crippen molar-refractivity contribution in [3.8, 4) is 5.75 Å². The number of fused-ring (bicyclic) bond motifs is 1. The minimum Gasteiger partial charge on any atom is -0.489 e. The summed E-state index contributed by atoms with van der Waals surface area (Å²) < 4.78 is 8.05. The van der Waals surface area contributed by atoms with Gasteiger partial charge in [0.15, 0.2) is 11.8 Å². The summed E-state index contributed by atoms with van der Waals surface area (Å²) in [6.07, 6.45) is 2.87. The Morgan fingerprint density at radius 2 is 2.18 bits per heavy atom. The number of aryl methyl sites for hydroxylation is 3. The van der Waals surface area contributed by atoms with Gasteiger partial charge in [0.25, 0.3) is 0 Å². The molecule has 2 aromatic rings.